The van der Waals surface area contributed by atoms with Crippen molar-refractivity contribution in [1.29, 1.82) is 0 Å². The molecule has 6 nitrogen and oxygen atoms in total. The zero-order valence-corrected chi connectivity index (χ0v) is 13.0. The topological polar surface area (TPSA) is 78.5 Å². The largest absolute Gasteiger partial charge is 0.325 e. The lowest BCUT2D eigenvalue weighted by molar-refractivity contribution is -0.134. The number of nitrogens with zero attached hydrogens (tertiary/aromatic N) is 1. The Morgan fingerprint density at radius 3 is 2.74 bits per heavy atom. The summed E-state index contributed by atoms with van der Waals surface area (Å²) in [7, 11) is 0. The molecule has 1 heterocycles. The maximum atomic E-state index is 13.5. The van der Waals surface area contributed by atoms with E-state index in [0.717, 1.165) is 17.7 Å². The van der Waals surface area contributed by atoms with Crippen molar-refractivity contribution in [3.8, 4) is 0 Å². The Morgan fingerprint density at radius 1 is 1.43 bits per heavy atom. The van der Waals surface area contributed by atoms with Crippen LogP contribution in [0, 0.1) is 18.7 Å². The van der Waals surface area contributed by atoms with Crippen molar-refractivity contribution >= 4 is 23.5 Å². The Hall–Kier alpha value is -2.44. The van der Waals surface area contributed by atoms with E-state index >= 15 is 0 Å². The number of carbonyl (C=O) groups is 3. The molecule has 2 N–H and O–H groups in total. The normalized spacial score (nSPS) is 23.9. The first-order valence-corrected chi connectivity index (χ1v) is 7.51. The third kappa shape index (κ3) is 2.78. The Kier molecular flexibility index (Phi) is 3.58. The molecule has 1 atom stereocenters. The van der Waals surface area contributed by atoms with E-state index in [-0.39, 0.29) is 24.1 Å². The van der Waals surface area contributed by atoms with Crippen molar-refractivity contribution in [2.75, 3.05) is 11.9 Å². The van der Waals surface area contributed by atoms with Crippen molar-refractivity contribution in [2.24, 2.45) is 5.92 Å². The van der Waals surface area contributed by atoms with Gasteiger partial charge in [-0.2, -0.15) is 0 Å². The molecule has 1 saturated carbocycles. The quantitative estimate of drug-likeness (QED) is 0.831. The number of hydrogen-bond acceptors (Lipinski definition) is 3. The fraction of sp³-hybridized carbons (Fsp3) is 0.438. The minimum absolute atomic E-state index is 0.137. The zero-order chi connectivity index (χ0) is 16.8. The van der Waals surface area contributed by atoms with Crippen molar-refractivity contribution in [3.63, 3.8) is 0 Å². The Morgan fingerprint density at radius 2 is 2.13 bits per heavy atom. The average Bonchev–Trinajstić information content (AvgIpc) is 3.29. The van der Waals surface area contributed by atoms with Crippen LogP contribution in [-0.2, 0) is 9.59 Å². The molecule has 0 aromatic heterocycles. The van der Waals surface area contributed by atoms with Gasteiger partial charge in [-0.3, -0.25) is 14.5 Å². The van der Waals surface area contributed by atoms with Crippen LogP contribution >= 0.6 is 0 Å². The molecule has 0 radical (unpaired) electrons. The predicted octanol–water partition coefficient (Wildman–Crippen LogP) is 1.79. The molecule has 1 aliphatic carbocycles. The molecule has 3 rings (SSSR count). The molecule has 1 aromatic carbocycles. The molecule has 23 heavy (non-hydrogen) atoms. The summed E-state index contributed by atoms with van der Waals surface area (Å²) in [6.07, 6.45) is 1.79. The van der Waals surface area contributed by atoms with Gasteiger partial charge >= 0.3 is 6.03 Å². The summed E-state index contributed by atoms with van der Waals surface area (Å²) in [4.78, 5) is 37.3. The van der Waals surface area contributed by atoms with Gasteiger partial charge in [0.2, 0.25) is 5.91 Å². The van der Waals surface area contributed by atoms with Crippen molar-refractivity contribution < 1.29 is 18.8 Å². The fourth-order valence-electron chi connectivity index (χ4n) is 2.81. The summed E-state index contributed by atoms with van der Waals surface area (Å²) in [5.41, 5.74) is -0.153. The van der Waals surface area contributed by atoms with Gasteiger partial charge in [0.15, 0.2) is 0 Å². The smallest absolute Gasteiger partial charge is 0.324 e. The Labute approximate surface area is 133 Å². The predicted molar refractivity (Wildman–Crippen MR) is 81.1 cm³/mol. The van der Waals surface area contributed by atoms with Crippen LogP contribution in [0.2, 0.25) is 0 Å². The lowest BCUT2D eigenvalue weighted by Crippen LogP contribution is -2.46. The van der Waals surface area contributed by atoms with E-state index in [9.17, 15) is 18.8 Å². The highest BCUT2D eigenvalue weighted by Crippen LogP contribution is 2.42. The Balaban J connectivity index is 1.66. The van der Waals surface area contributed by atoms with Gasteiger partial charge in [0, 0.05) is 5.69 Å². The van der Waals surface area contributed by atoms with Gasteiger partial charge in [-0.05, 0) is 50.3 Å². The van der Waals surface area contributed by atoms with Gasteiger partial charge in [0.1, 0.15) is 17.9 Å². The maximum absolute atomic E-state index is 13.5. The molecular formula is C16H18FN3O3. The highest BCUT2D eigenvalue weighted by molar-refractivity contribution is 6.10. The van der Waals surface area contributed by atoms with E-state index in [1.807, 2.05) is 0 Å². The number of benzene rings is 1. The van der Waals surface area contributed by atoms with Gasteiger partial charge in [-0.1, -0.05) is 6.07 Å². The lowest BCUT2D eigenvalue weighted by Gasteiger charge is -2.20. The van der Waals surface area contributed by atoms with Crippen molar-refractivity contribution in [2.45, 2.75) is 32.2 Å². The van der Waals surface area contributed by atoms with Gasteiger partial charge in [-0.25, -0.2) is 9.18 Å². The number of anilines is 1. The second-order valence-corrected chi connectivity index (χ2v) is 6.31. The van der Waals surface area contributed by atoms with E-state index in [1.165, 1.54) is 6.07 Å². The van der Waals surface area contributed by atoms with Gasteiger partial charge < -0.3 is 10.6 Å². The number of halogens is 1. The molecule has 2 aliphatic rings. The Bertz CT molecular complexity index is 702. The number of aryl methyl sites for hydroxylation is 1. The molecule has 1 aliphatic heterocycles. The van der Waals surface area contributed by atoms with Gasteiger partial charge in [-0.15, -0.1) is 0 Å². The van der Waals surface area contributed by atoms with Crippen LogP contribution in [0.25, 0.3) is 0 Å². The summed E-state index contributed by atoms with van der Waals surface area (Å²) in [5, 5.41) is 5.17. The minimum Gasteiger partial charge on any atom is -0.324 e. The van der Waals surface area contributed by atoms with Crippen LogP contribution in [0.15, 0.2) is 18.2 Å². The number of imide groups is 1. The first kappa shape index (κ1) is 15.5. The second-order valence-electron chi connectivity index (χ2n) is 6.31. The molecule has 1 saturated heterocycles. The summed E-state index contributed by atoms with van der Waals surface area (Å²) in [6, 6.07) is 3.75. The van der Waals surface area contributed by atoms with Crippen LogP contribution in [0.4, 0.5) is 14.9 Å². The van der Waals surface area contributed by atoms with Crippen LogP contribution in [0.3, 0.4) is 0 Å². The number of urea groups is 1. The molecule has 122 valence electrons. The number of rotatable bonds is 4. The maximum Gasteiger partial charge on any atom is 0.325 e. The molecule has 7 heteroatoms. The minimum atomic E-state index is -0.909. The van der Waals surface area contributed by atoms with Crippen LogP contribution in [-0.4, -0.2) is 34.8 Å². The molecule has 0 bridgehead atoms. The fourth-order valence-corrected chi connectivity index (χ4v) is 2.81. The zero-order valence-electron chi connectivity index (χ0n) is 13.0. The molecule has 1 aromatic rings. The summed E-state index contributed by atoms with van der Waals surface area (Å²) in [5.74, 6) is -1.22. The summed E-state index contributed by atoms with van der Waals surface area (Å²) in [6.45, 7) is 2.92. The number of carbonyl (C=O) groups excluding carboxylic acids is 3. The first-order valence-electron chi connectivity index (χ1n) is 7.51. The molecule has 4 amide bonds. The number of hydrogen-bond donors (Lipinski definition) is 2. The van der Waals surface area contributed by atoms with E-state index in [0.29, 0.717) is 5.56 Å². The monoisotopic (exact) mass is 319 g/mol. The van der Waals surface area contributed by atoms with E-state index in [1.54, 1.807) is 26.0 Å². The average molecular weight is 319 g/mol. The third-order valence-corrected chi connectivity index (χ3v) is 4.45. The summed E-state index contributed by atoms with van der Waals surface area (Å²) < 4.78 is 13.5. The summed E-state index contributed by atoms with van der Waals surface area (Å²) >= 11 is 0. The molecule has 0 spiro atoms. The third-order valence-electron chi connectivity index (χ3n) is 4.45. The lowest BCUT2D eigenvalue weighted by atomic mass is 9.96. The van der Waals surface area contributed by atoms with Gasteiger partial charge in [0.25, 0.3) is 5.91 Å². The SMILES string of the molecule is Cc1ccc(NC(=O)CN2C(=O)N[C@](C)(C3CC3)C2=O)cc1F. The van der Waals surface area contributed by atoms with Crippen LogP contribution in [0.1, 0.15) is 25.3 Å². The standard InChI is InChI=1S/C16H18FN3O3/c1-9-3-6-11(7-12(9)17)18-13(21)8-20-14(22)16(2,10-4-5-10)19-15(20)23/h3,6-7,10H,4-5,8H2,1-2H3,(H,18,21)(H,19,23)/t16-/m1/s1. The van der Waals surface area contributed by atoms with E-state index < -0.39 is 23.3 Å². The van der Waals surface area contributed by atoms with E-state index in [2.05, 4.69) is 10.6 Å². The number of nitrogens with one attached hydrogen (secondary N) is 2. The highest BCUT2D eigenvalue weighted by atomic mass is 19.1. The van der Waals surface area contributed by atoms with Crippen molar-refractivity contribution in [1.82, 2.24) is 10.2 Å². The number of amides is 4. The first-order chi connectivity index (χ1) is 10.8. The van der Waals surface area contributed by atoms with Crippen LogP contribution < -0.4 is 10.6 Å². The second kappa shape index (κ2) is 5.33. The van der Waals surface area contributed by atoms with E-state index in [4.69, 9.17) is 0 Å². The highest BCUT2D eigenvalue weighted by Gasteiger charge is 2.56. The molecular weight excluding hydrogens is 301 g/mol. The molecule has 0 unspecified atom stereocenters. The molecule has 2 fully saturated rings. The van der Waals surface area contributed by atoms with Gasteiger partial charge in [0.05, 0.1) is 0 Å². The van der Waals surface area contributed by atoms with Crippen molar-refractivity contribution in [3.05, 3.63) is 29.6 Å². The van der Waals surface area contributed by atoms with Crippen LogP contribution in [0.5, 0.6) is 0 Å².